The average Bonchev–Trinajstić information content (AvgIpc) is 2.64. The fraction of sp³-hybridized carbons (Fsp3) is 0.235. The number of hydrogen-bond acceptors (Lipinski definition) is 5. The van der Waals surface area contributed by atoms with Crippen LogP contribution in [0.1, 0.15) is 27.8 Å². The Kier molecular flexibility index (Phi) is 5.06. The van der Waals surface area contributed by atoms with E-state index in [1.807, 2.05) is 12.1 Å². The molecule has 1 aromatic heterocycles. The second-order valence-electron chi connectivity index (χ2n) is 5.28. The molecule has 24 heavy (non-hydrogen) atoms. The van der Waals surface area contributed by atoms with Gasteiger partial charge in [-0.1, -0.05) is 23.7 Å². The van der Waals surface area contributed by atoms with Gasteiger partial charge in [0.05, 0.1) is 23.4 Å². The Bertz CT molecular complexity index is 797. The van der Waals surface area contributed by atoms with Gasteiger partial charge in [0.15, 0.2) is 0 Å². The van der Waals surface area contributed by atoms with Crippen molar-refractivity contribution in [2.45, 2.75) is 6.10 Å². The standard InChI is InChI=1S/C17H15ClN4O2/c18-13-8-11(16-10-20-6-7-24-16)4-5-14(13)22-17(23)15-3-1-2-12(9-19)21-15/h1-5,8,16,20H,6-7,10H2,(H,22,23)/t16-/m0/s1. The topological polar surface area (TPSA) is 87.0 Å². The minimum absolute atomic E-state index is 0.0463. The Morgan fingerprint density at radius 3 is 3.00 bits per heavy atom. The van der Waals surface area contributed by atoms with Crippen LogP contribution in [0.2, 0.25) is 5.02 Å². The number of hydrogen-bond donors (Lipinski definition) is 2. The van der Waals surface area contributed by atoms with Gasteiger partial charge in [-0.25, -0.2) is 4.98 Å². The van der Waals surface area contributed by atoms with Gasteiger partial charge in [0, 0.05) is 13.1 Å². The van der Waals surface area contributed by atoms with E-state index in [0.29, 0.717) is 17.3 Å². The van der Waals surface area contributed by atoms with E-state index in [2.05, 4.69) is 15.6 Å². The molecule has 7 heteroatoms. The van der Waals surface area contributed by atoms with Crippen molar-refractivity contribution < 1.29 is 9.53 Å². The highest BCUT2D eigenvalue weighted by Crippen LogP contribution is 2.28. The van der Waals surface area contributed by atoms with Crippen LogP contribution in [0.5, 0.6) is 0 Å². The summed E-state index contributed by atoms with van der Waals surface area (Å²) in [5.41, 5.74) is 1.79. The Morgan fingerprint density at radius 2 is 2.29 bits per heavy atom. The van der Waals surface area contributed by atoms with E-state index in [4.69, 9.17) is 21.6 Å². The van der Waals surface area contributed by atoms with Gasteiger partial charge < -0.3 is 15.4 Å². The predicted octanol–water partition coefficient (Wildman–Crippen LogP) is 2.52. The fourth-order valence-electron chi connectivity index (χ4n) is 2.42. The first-order chi connectivity index (χ1) is 11.7. The van der Waals surface area contributed by atoms with E-state index >= 15 is 0 Å². The van der Waals surface area contributed by atoms with Crippen LogP contribution in [0, 0.1) is 11.3 Å². The molecule has 1 atom stereocenters. The largest absolute Gasteiger partial charge is 0.371 e. The minimum atomic E-state index is -0.419. The predicted molar refractivity (Wildman–Crippen MR) is 89.9 cm³/mol. The van der Waals surface area contributed by atoms with Crippen molar-refractivity contribution in [3.63, 3.8) is 0 Å². The van der Waals surface area contributed by atoms with Gasteiger partial charge in [-0.3, -0.25) is 4.79 Å². The van der Waals surface area contributed by atoms with Crippen LogP contribution in [-0.4, -0.2) is 30.6 Å². The first-order valence-electron chi connectivity index (χ1n) is 7.47. The summed E-state index contributed by atoms with van der Waals surface area (Å²) in [5, 5.41) is 15.2. The second-order valence-corrected chi connectivity index (χ2v) is 5.68. The molecule has 1 aromatic carbocycles. The first kappa shape index (κ1) is 16.4. The molecule has 2 N–H and O–H groups in total. The molecule has 0 unspecified atom stereocenters. The molecule has 1 saturated heterocycles. The van der Waals surface area contributed by atoms with Crippen molar-refractivity contribution in [3.8, 4) is 6.07 Å². The number of carbonyl (C=O) groups is 1. The molecular weight excluding hydrogens is 328 g/mol. The maximum Gasteiger partial charge on any atom is 0.274 e. The number of morpholine rings is 1. The Hall–Kier alpha value is -2.46. The molecule has 0 aliphatic carbocycles. The molecule has 2 aromatic rings. The summed E-state index contributed by atoms with van der Waals surface area (Å²) in [6.45, 7) is 2.22. The molecule has 1 aliphatic rings. The normalized spacial score (nSPS) is 17.1. The summed E-state index contributed by atoms with van der Waals surface area (Å²) in [4.78, 5) is 16.2. The molecule has 122 valence electrons. The van der Waals surface area contributed by atoms with Gasteiger partial charge in [-0.2, -0.15) is 5.26 Å². The number of aromatic nitrogens is 1. The monoisotopic (exact) mass is 342 g/mol. The molecule has 0 spiro atoms. The highest BCUT2D eigenvalue weighted by Gasteiger charge is 2.17. The summed E-state index contributed by atoms with van der Waals surface area (Å²) in [6, 6.07) is 12.0. The van der Waals surface area contributed by atoms with Crippen LogP contribution in [0.15, 0.2) is 36.4 Å². The van der Waals surface area contributed by atoms with E-state index < -0.39 is 5.91 Å². The van der Waals surface area contributed by atoms with Crippen molar-refractivity contribution >= 4 is 23.2 Å². The number of nitriles is 1. The number of pyridine rings is 1. The third-order valence-electron chi connectivity index (χ3n) is 3.64. The van der Waals surface area contributed by atoms with Crippen LogP contribution in [0.25, 0.3) is 0 Å². The highest BCUT2D eigenvalue weighted by molar-refractivity contribution is 6.34. The summed E-state index contributed by atoms with van der Waals surface area (Å²) in [6.07, 6.45) is -0.0463. The molecular formula is C17H15ClN4O2. The molecule has 3 rings (SSSR count). The second kappa shape index (κ2) is 7.41. The lowest BCUT2D eigenvalue weighted by molar-refractivity contribution is 0.0277. The van der Waals surface area contributed by atoms with E-state index in [9.17, 15) is 4.79 Å². The van der Waals surface area contributed by atoms with Gasteiger partial charge >= 0.3 is 0 Å². The lowest BCUT2D eigenvalue weighted by Crippen LogP contribution is -2.33. The summed E-state index contributed by atoms with van der Waals surface area (Å²) in [7, 11) is 0. The van der Waals surface area contributed by atoms with E-state index in [1.54, 1.807) is 24.3 Å². The zero-order valence-corrected chi connectivity index (χ0v) is 13.5. The molecule has 0 saturated carbocycles. The van der Waals surface area contributed by atoms with Gasteiger partial charge in [0.25, 0.3) is 5.91 Å². The SMILES string of the molecule is N#Cc1cccc(C(=O)Nc2ccc([C@@H]3CNCCO3)cc2Cl)n1. The van der Waals surface area contributed by atoms with Crippen LogP contribution in [0.4, 0.5) is 5.69 Å². The quantitative estimate of drug-likeness (QED) is 0.895. The number of rotatable bonds is 3. The number of carbonyl (C=O) groups excluding carboxylic acids is 1. The number of amides is 1. The van der Waals surface area contributed by atoms with Crippen LogP contribution >= 0.6 is 11.6 Å². The molecule has 0 radical (unpaired) electrons. The van der Waals surface area contributed by atoms with Gasteiger partial charge in [0.1, 0.15) is 17.5 Å². The maximum atomic E-state index is 12.2. The van der Waals surface area contributed by atoms with Crippen LogP contribution in [-0.2, 0) is 4.74 Å². The molecule has 6 nitrogen and oxygen atoms in total. The Morgan fingerprint density at radius 1 is 1.42 bits per heavy atom. The number of anilines is 1. The average molecular weight is 343 g/mol. The van der Waals surface area contributed by atoms with Crippen molar-refractivity contribution in [1.82, 2.24) is 10.3 Å². The van der Waals surface area contributed by atoms with Gasteiger partial charge in [-0.15, -0.1) is 0 Å². The molecule has 0 bridgehead atoms. The zero-order valence-electron chi connectivity index (χ0n) is 12.8. The van der Waals surface area contributed by atoms with Gasteiger partial charge in [-0.05, 0) is 29.8 Å². The third-order valence-corrected chi connectivity index (χ3v) is 3.95. The minimum Gasteiger partial charge on any atom is -0.371 e. The number of benzene rings is 1. The summed E-state index contributed by atoms with van der Waals surface area (Å²) in [5.74, 6) is -0.419. The van der Waals surface area contributed by atoms with E-state index in [0.717, 1.165) is 18.7 Å². The summed E-state index contributed by atoms with van der Waals surface area (Å²) < 4.78 is 5.69. The summed E-state index contributed by atoms with van der Waals surface area (Å²) >= 11 is 6.28. The Balaban J connectivity index is 1.75. The Labute approximate surface area is 144 Å². The number of nitrogens with zero attached hydrogens (tertiary/aromatic N) is 2. The van der Waals surface area contributed by atoms with Crippen molar-refractivity contribution in [2.75, 3.05) is 25.0 Å². The van der Waals surface area contributed by atoms with Crippen molar-refractivity contribution in [1.29, 1.82) is 5.26 Å². The number of nitrogens with one attached hydrogen (secondary N) is 2. The maximum absolute atomic E-state index is 12.2. The molecule has 2 heterocycles. The van der Waals surface area contributed by atoms with Crippen LogP contribution < -0.4 is 10.6 Å². The highest BCUT2D eigenvalue weighted by atomic mass is 35.5. The van der Waals surface area contributed by atoms with Gasteiger partial charge in [0.2, 0.25) is 0 Å². The first-order valence-corrected chi connectivity index (χ1v) is 7.85. The lowest BCUT2D eigenvalue weighted by Gasteiger charge is -2.24. The molecule has 1 fully saturated rings. The van der Waals surface area contributed by atoms with Crippen LogP contribution in [0.3, 0.4) is 0 Å². The number of ether oxygens (including phenoxy) is 1. The molecule has 1 amide bonds. The molecule has 1 aliphatic heterocycles. The van der Waals surface area contributed by atoms with Crippen molar-refractivity contribution in [2.24, 2.45) is 0 Å². The number of halogens is 1. The fourth-order valence-corrected chi connectivity index (χ4v) is 2.66. The van der Waals surface area contributed by atoms with Crippen molar-refractivity contribution in [3.05, 3.63) is 58.4 Å². The third kappa shape index (κ3) is 3.71. The lowest BCUT2D eigenvalue weighted by atomic mass is 10.1. The van der Waals surface area contributed by atoms with E-state index in [-0.39, 0.29) is 17.5 Å². The smallest absolute Gasteiger partial charge is 0.274 e. The zero-order chi connectivity index (χ0) is 16.9. The van der Waals surface area contributed by atoms with E-state index in [1.165, 1.54) is 6.07 Å².